The number of nitro benzene ring substituents is 2. The van der Waals surface area contributed by atoms with E-state index in [1.165, 1.54) is 30.3 Å². The van der Waals surface area contributed by atoms with E-state index in [9.17, 15) is 25.3 Å². The van der Waals surface area contributed by atoms with Gasteiger partial charge >= 0.3 is 5.69 Å². The van der Waals surface area contributed by atoms with Crippen molar-refractivity contribution in [1.82, 2.24) is 0 Å². The van der Waals surface area contributed by atoms with E-state index in [0.29, 0.717) is 14.7 Å². The van der Waals surface area contributed by atoms with Crippen LogP contribution >= 0.6 is 22.6 Å². The van der Waals surface area contributed by atoms with Crippen LogP contribution in [0, 0.1) is 23.8 Å². The van der Waals surface area contributed by atoms with Gasteiger partial charge in [-0.15, -0.1) is 0 Å². The molecule has 0 aliphatic heterocycles. The van der Waals surface area contributed by atoms with E-state index in [1.54, 1.807) is 12.5 Å². The smallest absolute Gasteiger partial charge is 0.327 e. The standard InChI is InChI=1S/C14H11IN2O5S/c1-23(2)14-12(17(21)22)6-5-10(13(14)18)9-4-3-8(16(19)20)7-11(9)15/h3-7H,1-2H3/p+1. The van der Waals surface area contributed by atoms with E-state index in [-0.39, 0.29) is 22.0 Å². The first-order valence-electron chi connectivity index (χ1n) is 6.26. The lowest BCUT2D eigenvalue weighted by molar-refractivity contribution is -0.387. The van der Waals surface area contributed by atoms with Gasteiger partial charge in [-0.25, -0.2) is 0 Å². The van der Waals surface area contributed by atoms with E-state index >= 15 is 0 Å². The van der Waals surface area contributed by atoms with Crippen LogP contribution in [-0.2, 0) is 10.9 Å². The van der Waals surface area contributed by atoms with Gasteiger partial charge in [0.05, 0.1) is 9.85 Å². The number of aromatic hydroxyl groups is 1. The summed E-state index contributed by atoms with van der Waals surface area (Å²) < 4.78 is 0.582. The average Bonchev–Trinajstić information content (AvgIpc) is 2.46. The van der Waals surface area contributed by atoms with E-state index in [4.69, 9.17) is 0 Å². The van der Waals surface area contributed by atoms with Gasteiger partial charge in [-0.3, -0.25) is 20.2 Å². The number of nitrogens with zero attached hydrogens (tertiary/aromatic N) is 2. The maximum Gasteiger partial charge on any atom is 0.327 e. The molecule has 0 radical (unpaired) electrons. The Labute approximate surface area is 148 Å². The van der Waals surface area contributed by atoms with Crippen molar-refractivity contribution in [1.29, 1.82) is 0 Å². The highest BCUT2D eigenvalue weighted by atomic mass is 127. The molecule has 0 saturated carbocycles. The lowest BCUT2D eigenvalue weighted by atomic mass is 10.0. The first-order valence-corrected chi connectivity index (χ1v) is 9.38. The minimum absolute atomic E-state index is 0.0505. The molecule has 2 aromatic rings. The highest BCUT2D eigenvalue weighted by molar-refractivity contribution is 14.1. The number of hydrogen-bond acceptors (Lipinski definition) is 5. The van der Waals surface area contributed by atoms with E-state index < -0.39 is 20.7 Å². The molecule has 2 aromatic carbocycles. The highest BCUT2D eigenvalue weighted by Crippen LogP contribution is 2.42. The molecule has 120 valence electrons. The Kier molecular flexibility index (Phi) is 5.09. The van der Waals surface area contributed by atoms with Gasteiger partial charge in [0.25, 0.3) is 10.6 Å². The molecular formula is C14H12IN2O5S+. The van der Waals surface area contributed by atoms with Gasteiger partial charge in [-0.1, -0.05) is 0 Å². The predicted octanol–water partition coefficient (Wildman–Crippen LogP) is 3.72. The molecule has 7 nitrogen and oxygen atoms in total. The Balaban J connectivity index is 2.68. The fourth-order valence-electron chi connectivity index (χ4n) is 2.16. The minimum Gasteiger partial charge on any atom is -0.503 e. The molecule has 0 fully saturated rings. The second-order valence-corrected chi connectivity index (χ2v) is 8.01. The average molecular weight is 447 g/mol. The number of hydrogen-bond donors (Lipinski definition) is 1. The van der Waals surface area contributed by atoms with Crippen LogP contribution in [0.25, 0.3) is 11.1 Å². The SMILES string of the molecule is C[S+](C)c1c([N+](=O)[O-])ccc(-c2ccc([N+](=O)[O-])cc2I)c1O. The predicted molar refractivity (Wildman–Crippen MR) is 97.0 cm³/mol. The van der Waals surface area contributed by atoms with Crippen LogP contribution in [0.3, 0.4) is 0 Å². The maximum absolute atomic E-state index is 11.1. The summed E-state index contributed by atoms with van der Waals surface area (Å²) in [4.78, 5) is 21.2. The zero-order valence-electron chi connectivity index (χ0n) is 12.1. The number of phenols is 1. The lowest BCUT2D eigenvalue weighted by Gasteiger charge is -2.09. The zero-order valence-corrected chi connectivity index (χ0v) is 15.1. The van der Waals surface area contributed by atoms with Crippen molar-refractivity contribution in [3.8, 4) is 16.9 Å². The molecule has 23 heavy (non-hydrogen) atoms. The van der Waals surface area contributed by atoms with Gasteiger partial charge < -0.3 is 5.11 Å². The van der Waals surface area contributed by atoms with Crippen molar-refractivity contribution < 1.29 is 15.0 Å². The second-order valence-electron chi connectivity index (χ2n) is 4.80. The summed E-state index contributed by atoms with van der Waals surface area (Å²) in [5.41, 5.74) is 0.836. The fourth-order valence-corrected chi connectivity index (χ4v) is 4.01. The third kappa shape index (κ3) is 3.39. The number of halogens is 1. The zero-order chi connectivity index (χ0) is 17.3. The van der Waals surface area contributed by atoms with Crippen LogP contribution in [0.15, 0.2) is 35.2 Å². The van der Waals surface area contributed by atoms with Crippen LogP contribution < -0.4 is 0 Å². The van der Waals surface area contributed by atoms with Gasteiger partial charge in [0, 0.05) is 38.2 Å². The summed E-state index contributed by atoms with van der Waals surface area (Å²) in [6.45, 7) is 0. The fraction of sp³-hybridized carbons (Fsp3) is 0.143. The molecule has 0 atom stereocenters. The molecular weight excluding hydrogens is 435 g/mol. The van der Waals surface area contributed by atoms with Gasteiger partial charge in [0.2, 0.25) is 0 Å². The third-order valence-electron chi connectivity index (χ3n) is 3.17. The second kappa shape index (κ2) is 6.71. The topological polar surface area (TPSA) is 107 Å². The van der Waals surface area contributed by atoms with Crippen molar-refractivity contribution in [3.63, 3.8) is 0 Å². The highest BCUT2D eigenvalue weighted by Gasteiger charge is 2.31. The van der Waals surface area contributed by atoms with Crippen LogP contribution in [0.2, 0.25) is 0 Å². The Bertz CT molecular complexity index is 810. The molecule has 0 aliphatic carbocycles. The molecule has 0 spiro atoms. The number of rotatable bonds is 4. The van der Waals surface area contributed by atoms with Gasteiger partial charge in [0.15, 0.2) is 5.75 Å². The molecule has 0 aliphatic rings. The summed E-state index contributed by atoms with van der Waals surface area (Å²) >= 11 is 1.94. The molecule has 0 amide bonds. The first-order chi connectivity index (χ1) is 10.7. The Morgan fingerprint density at radius 2 is 1.65 bits per heavy atom. The third-order valence-corrected chi connectivity index (χ3v) is 5.28. The van der Waals surface area contributed by atoms with Crippen molar-refractivity contribution in [3.05, 3.63) is 54.1 Å². The van der Waals surface area contributed by atoms with Gasteiger partial charge in [-0.2, -0.15) is 0 Å². The number of benzene rings is 2. The molecule has 0 aromatic heterocycles. The molecule has 9 heteroatoms. The van der Waals surface area contributed by atoms with E-state index in [2.05, 4.69) is 0 Å². The molecule has 2 rings (SSSR count). The van der Waals surface area contributed by atoms with Crippen molar-refractivity contribution in [2.75, 3.05) is 12.5 Å². The maximum atomic E-state index is 11.1. The van der Waals surface area contributed by atoms with E-state index in [1.807, 2.05) is 22.6 Å². The monoisotopic (exact) mass is 447 g/mol. The summed E-state index contributed by atoms with van der Waals surface area (Å²) in [7, 11) is -0.527. The van der Waals surface area contributed by atoms with Crippen molar-refractivity contribution >= 4 is 44.9 Å². The molecule has 0 unspecified atom stereocenters. The van der Waals surface area contributed by atoms with Crippen molar-refractivity contribution in [2.45, 2.75) is 4.90 Å². The Hall–Kier alpha value is -1.88. The summed E-state index contributed by atoms with van der Waals surface area (Å²) in [6.07, 6.45) is 3.57. The summed E-state index contributed by atoms with van der Waals surface area (Å²) in [5, 5.41) is 32.5. The number of non-ortho nitro benzene ring substituents is 1. The van der Waals surface area contributed by atoms with Gasteiger partial charge in [0.1, 0.15) is 12.5 Å². The van der Waals surface area contributed by atoms with E-state index in [0.717, 1.165) is 0 Å². The number of nitro groups is 2. The van der Waals surface area contributed by atoms with Crippen LogP contribution in [-0.4, -0.2) is 27.5 Å². The molecule has 0 bridgehead atoms. The largest absolute Gasteiger partial charge is 0.503 e. The Morgan fingerprint density at radius 3 is 2.13 bits per heavy atom. The molecule has 0 saturated heterocycles. The van der Waals surface area contributed by atoms with Crippen molar-refractivity contribution in [2.24, 2.45) is 0 Å². The first kappa shape index (κ1) is 17.5. The van der Waals surface area contributed by atoms with Crippen LogP contribution in [0.1, 0.15) is 0 Å². The van der Waals surface area contributed by atoms with Crippen LogP contribution in [0.5, 0.6) is 5.75 Å². The van der Waals surface area contributed by atoms with Gasteiger partial charge in [-0.05, 0) is 40.3 Å². The minimum atomic E-state index is -0.527. The summed E-state index contributed by atoms with van der Waals surface area (Å²) in [6, 6.07) is 7.10. The Morgan fingerprint density at radius 1 is 1.04 bits per heavy atom. The molecule has 1 N–H and O–H groups in total. The van der Waals surface area contributed by atoms with Crippen LogP contribution in [0.4, 0.5) is 11.4 Å². The summed E-state index contributed by atoms with van der Waals surface area (Å²) in [5.74, 6) is -0.153. The molecule has 0 heterocycles. The number of phenolic OH excluding ortho intramolecular Hbond substituents is 1. The quantitative estimate of drug-likeness (QED) is 0.333. The lowest BCUT2D eigenvalue weighted by Crippen LogP contribution is -2.03. The normalized spacial score (nSPS) is 10.8.